The Morgan fingerprint density at radius 3 is 2.71 bits per heavy atom. The summed E-state index contributed by atoms with van der Waals surface area (Å²) in [5, 5.41) is 7.20. The molecule has 178 valence electrons. The molecular weight excluding hydrogens is 451 g/mol. The van der Waals surface area contributed by atoms with Crippen LogP contribution in [0.2, 0.25) is 0 Å². The number of H-pyrrole nitrogens is 1. The molecule has 1 saturated heterocycles. The number of nitrogens with zero attached hydrogens (tertiary/aromatic N) is 2. The molecule has 2 atom stereocenters. The molecule has 2 aromatic heterocycles. The quantitative estimate of drug-likeness (QED) is 0.340. The topological polar surface area (TPSA) is 65.6 Å². The van der Waals surface area contributed by atoms with Crippen LogP contribution in [0.4, 0.5) is 19.1 Å². The standard InChI is InChI=1S/C27H24F3N5/c28-27(29,30)23-15-33-26(34-17-6-4-12-31-13-17)35-25(23)22-14-32-24-20(8-3-9-21(22)24)19-11-10-16-5-1-2-7-18(16)19/h1-3,5,7-11,14-15,17,19,31-32H,4,6,12-13H2,(H,33,34,35). The first-order valence-electron chi connectivity index (χ1n) is 11.8. The number of halogens is 3. The minimum atomic E-state index is -4.57. The summed E-state index contributed by atoms with van der Waals surface area (Å²) in [6.45, 7) is 1.67. The molecule has 0 saturated carbocycles. The SMILES string of the molecule is FC(F)(F)c1cnc(NC2CCCNC2)nc1-c1c[nH]c2c(C3C=Cc4ccccc43)cccc12. The van der Waals surface area contributed by atoms with E-state index in [0.29, 0.717) is 10.9 Å². The van der Waals surface area contributed by atoms with Crippen LogP contribution in [0.5, 0.6) is 0 Å². The van der Waals surface area contributed by atoms with Crippen LogP contribution in [0.15, 0.2) is 60.9 Å². The van der Waals surface area contributed by atoms with Gasteiger partial charge in [-0.1, -0.05) is 54.6 Å². The average Bonchev–Trinajstić information content (AvgIpc) is 3.48. The first kappa shape index (κ1) is 21.9. The summed E-state index contributed by atoms with van der Waals surface area (Å²) < 4.78 is 42.0. The number of anilines is 1. The highest BCUT2D eigenvalue weighted by atomic mass is 19.4. The zero-order chi connectivity index (χ0) is 24.0. The maximum absolute atomic E-state index is 14.0. The van der Waals surface area contributed by atoms with Crippen molar-refractivity contribution in [3.8, 4) is 11.3 Å². The Kier molecular flexibility index (Phi) is 5.33. The Morgan fingerprint density at radius 1 is 1.03 bits per heavy atom. The van der Waals surface area contributed by atoms with E-state index in [0.717, 1.165) is 48.8 Å². The lowest BCUT2D eigenvalue weighted by atomic mass is 9.91. The molecule has 6 rings (SSSR count). The van der Waals surface area contributed by atoms with Gasteiger partial charge in [0.05, 0.1) is 11.2 Å². The van der Waals surface area contributed by atoms with Crippen LogP contribution in [0.1, 0.15) is 41.0 Å². The van der Waals surface area contributed by atoms with Crippen molar-refractivity contribution in [2.75, 3.05) is 18.4 Å². The first-order valence-corrected chi connectivity index (χ1v) is 11.8. The highest BCUT2D eigenvalue weighted by Crippen LogP contribution is 2.42. The number of aromatic amines is 1. The predicted molar refractivity (Wildman–Crippen MR) is 131 cm³/mol. The molecule has 2 aromatic carbocycles. The largest absolute Gasteiger partial charge is 0.419 e. The Balaban J connectivity index is 1.45. The normalized spacial score (nSPS) is 19.7. The van der Waals surface area contributed by atoms with E-state index >= 15 is 0 Å². The molecule has 1 fully saturated rings. The van der Waals surface area contributed by atoms with Crippen molar-refractivity contribution < 1.29 is 13.2 Å². The lowest BCUT2D eigenvalue weighted by molar-refractivity contribution is -0.137. The molecular formula is C27H24F3N5. The van der Waals surface area contributed by atoms with Gasteiger partial charge in [0, 0.05) is 41.8 Å². The molecule has 8 heteroatoms. The fraction of sp³-hybridized carbons (Fsp3) is 0.259. The fourth-order valence-corrected chi connectivity index (χ4v) is 5.18. The third-order valence-electron chi connectivity index (χ3n) is 6.86. The Morgan fingerprint density at radius 2 is 1.89 bits per heavy atom. The molecule has 0 bridgehead atoms. The fourth-order valence-electron chi connectivity index (χ4n) is 5.18. The van der Waals surface area contributed by atoms with E-state index in [1.807, 2.05) is 30.3 Å². The monoisotopic (exact) mass is 475 g/mol. The van der Waals surface area contributed by atoms with Gasteiger partial charge in [-0.15, -0.1) is 0 Å². The van der Waals surface area contributed by atoms with Gasteiger partial charge in [-0.25, -0.2) is 9.97 Å². The molecule has 2 aliphatic rings. The lowest BCUT2D eigenvalue weighted by Gasteiger charge is -2.24. The predicted octanol–water partition coefficient (Wildman–Crippen LogP) is 5.97. The van der Waals surface area contributed by atoms with Crippen LogP contribution in [-0.4, -0.2) is 34.1 Å². The summed E-state index contributed by atoms with van der Waals surface area (Å²) in [5.41, 5.74) is 3.62. The number of piperidine rings is 1. The van der Waals surface area contributed by atoms with E-state index in [4.69, 9.17) is 0 Å². The summed E-state index contributed by atoms with van der Waals surface area (Å²) >= 11 is 0. The van der Waals surface area contributed by atoms with Gasteiger partial charge in [0.2, 0.25) is 5.95 Å². The number of para-hydroxylation sites is 1. The summed E-state index contributed by atoms with van der Waals surface area (Å²) in [5.74, 6) is 0.241. The smallest absolute Gasteiger partial charge is 0.360 e. The molecule has 35 heavy (non-hydrogen) atoms. The van der Waals surface area contributed by atoms with E-state index in [1.54, 1.807) is 6.20 Å². The van der Waals surface area contributed by atoms with Crippen LogP contribution < -0.4 is 10.6 Å². The van der Waals surface area contributed by atoms with Crippen LogP contribution >= 0.6 is 0 Å². The Hall–Kier alpha value is -3.65. The Bertz CT molecular complexity index is 1420. The molecule has 2 unspecified atom stereocenters. The second kappa shape index (κ2) is 8.53. The molecule has 5 nitrogen and oxygen atoms in total. The Labute approximate surface area is 200 Å². The second-order valence-electron chi connectivity index (χ2n) is 9.08. The van der Waals surface area contributed by atoms with Crippen LogP contribution in [0.3, 0.4) is 0 Å². The average molecular weight is 476 g/mol. The molecule has 0 amide bonds. The van der Waals surface area contributed by atoms with Gasteiger partial charge in [-0.05, 0) is 36.1 Å². The second-order valence-corrected chi connectivity index (χ2v) is 9.08. The minimum absolute atomic E-state index is 0.0323. The molecule has 1 aliphatic carbocycles. The van der Waals surface area contributed by atoms with E-state index in [1.165, 1.54) is 5.56 Å². The maximum atomic E-state index is 14.0. The van der Waals surface area contributed by atoms with Gasteiger partial charge in [0.25, 0.3) is 0 Å². The summed E-state index contributed by atoms with van der Waals surface area (Å²) in [4.78, 5) is 11.6. The van der Waals surface area contributed by atoms with Gasteiger partial charge < -0.3 is 15.6 Å². The third kappa shape index (κ3) is 3.97. The third-order valence-corrected chi connectivity index (χ3v) is 6.86. The zero-order valence-electron chi connectivity index (χ0n) is 18.9. The van der Waals surface area contributed by atoms with Crippen molar-refractivity contribution in [1.82, 2.24) is 20.3 Å². The zero-order valence-corrected chi connectivity index (χ0v) is 18.9. The van der Waals surface area contributed by atoms with Gasteiger partial charge in [0.15, 0.2) is 0 Å². The van der Waals surface area contributed by atoms with Crippen molar-refractivity contribution in [3.63, 3.8) is 0 Å². The number of hydrogen-bond acceptors (Lipinski definition) is 4. The number of nitrogens with one attached hydrogen (secondary N) is 3. The highest BCUT2D eigenvalue weighted by Gasteiger charge is 2.36. The van der Waals surface area contributed by atoms with Gasteiger partial charge in [-0.2, -0.15) is 13.2 Å². The number of hydrogen-bond donors (Lipinski definition) is 3. The number of allylic oxidation sites excluding steroid dienone is 1. The van der Waals surface area contributed by atoms with Gasteiger partial charge in [0.1, 0.15) is 5.56 Å². The molecule has 4 aromatic rings. The minimum Gasteiger partial charge on any atom is -0.360 e. The first-order chi connectivity index (χ1) is 17.0. The van der Waals surface area contributed by atoms with Crippen molar-refractivity contribution >= 4 is 22.9 Å². The summed E-state index contributed by atoms with van der Waals surface area (Å²) in [7, 11) is 0. The van der Waals surface area contributed by atoms with Crippen molar-refractivity contribution in [3.05, 3.63) is 83.2 Å². The number of fused-ring (bicyclic) bond motifs is 2. The molecule has 3 N–H and O–H groups in total. The van der Waals surface area contributed by atoms with Gasteiger partial charge >= 0.3 is 6.18 Å². The van der Waals surface area contributed by atoms with E-state index in [9.17, 15) is 13.2 Å². The van der Waals surface area contributed by atoms with Gasteiger partial charge in [-0.3, -0.25) is 0 Å². The summed E-state index contributed by atoms with van der Waals surface area (Å²) in [6.07, 6.45) is 4.07. The van der Waals surface area contributed by atoms with Crippen LogP contribution in [0.25, 0.3) is 28.2 Å². The maximum Gasteiger partial charge on any atom is 0.419 e. The van der Waals surface area contributed by atoms with Crippen molar-refractivity contribution in [1.29, 1.82) is 0 Å². The van der Waals surface area contributed by atoms with E-state index in [2.05, 4.69) is 49.9 Å². The van der Waals surface area contributed by atoms with Crippen LogP contribution in [0, 0.1) is 0 Å². The van der Waals surface area contributed by atoms with Crippen LogP contribution in [-0.2, 0) is 6.18 Å². The summed E-state index contributed by atoms with van der Waals surface area (Å²) in [6, 6.07) is 14.0. The number of benzene rings is 2. The molecule has 1 aliphatic heterocycles. The number of alkyl halides is 3. The number of rotatable bonds is 4. The highest BCUT2D eigenvalue weighted by molar-refractivity contribution is 5.98. The van der Waals surface area contributed by atoms with Crippen molar-refractivity contribution in [2.24, 2.45) is 0 Å². The lowest BCUT2D eigenvalue weighted by Crippen LogP contribution is -2.38. The molecule has 3 heterocycles. The van der Waals surface area contributed by atoms with E-state index in [-0.39, 0.29) is 23.6 Å². The van der Waals surface area contributed by atoms with Crippen molar-refractivity contribution in [2.45, 2.75) is 31.0 Å². The molecule has 0 radical (unpaired) electrons. The number of aromatic nitrogens is 3. The molecule has 0 spiro atoms. The van der Waals surface area contributed by atoms with E-state index < -0.39 is 11.7 Å².